The Hall–Kier alpha value is -1.14. The maximum absolute atomic E-state index is 13.4. The van der Waals surface area contributed by atoms with Gasteiger partial charge in [0.15, 0.2) is 0 Å². The molecule has 0 atom stereocenters. The van der Waals surface area contributed by atoms with Gasteiger partial charge in [-0.25, -0.2) is 0 Å². The van der Waals surface area contributed by atoms with Gasteiger partial charge in [0.2, 0.25) is 0 Å². The third kappa shape index (κ3) is 67.3. The Balaban J connectivity index is 5.12. The Kier molecular flexibility index (Phi) is 67.3. The van der Waals surface area contributed by atoms with E-state index in [2.05, 4.69) is 65.2 Å². The number of hydrogen-bond donors (Lipinski definition) is 1. The van der Waals surface area contributed by atoms with Crippen LogP contribution in [0.3, 0.4) is 0 Å². The second kappa shape index (κ2) is 68.2. The number of unbranched alkanes of at least 4 members (excludes halogenated alkanes) is 48. The van der Waals surface area contributed by atoms with Gasteiger partial charge in [0.1, 0.15) is 0 Å². The lowest BCUT2D eigenvalue weighted by molar-refractivity contribution is -0.144. The largest absolute Gasteiger partial charge is 0.361 e. The molecule has 0 saturated carbocycles. The number of nitrogens with two attached hydrogens (primary N) is 1. The van der Waals surface area contributed by atoms with Gasteiger partial charge < -0.3 is 20.4 Å². The van der Waals surface area contributed by atoms with E-state index in [1.807, 2.05) is 4.90 Å². The van der Waals surface area contributed by atoms with E-state index in [0.29, 0.717) is 13.1 Å². The molecule has 0 radical (unpaired) electrons. The molecule has 0 fully saturated rings. The monoisotopic (exact) mass is 1210 g/mol. The van der Waals surface area contributed by atoms with E-state index in [1.165, 1.54) is 360 Å². The van der Waals surface area contributed by atoms with E-state index in [9.17, 15) is 9.59 Å². The Morgan fingerprint density at radius 1 is 0.209 bits per heavy atom. The van der Waals surface area contributed by atoms with Crippen molar-refractivity contribution >= 4 is 11.8 Å². The highest BCUT2D eigenvalue weighted by molar-refractivity contribution is 6.34. The zero-order valence-corrected chi connectivity index (χ0v) is 60.7. The normalized spacial score (nSPS) is 12.1. The maximum atomic E-state index is 13.4. The van der Waals surface area contributed by atoms with Gasteiger partial charge in [-0.15, -0.1) is 0 Å². The number of amides is 2. The summed E-state index contributed by atoms with van der Waals surface area (Å²) in [6.07, 6.45) is 80.0. The summed E-state index contributed by atoms with van der Waals surface area (Å²) >= 11 is 0. The third-order valence-electron chi connectivity index (χ3n) is 19.3. The van der Waals surface area contributed by atoms with Crippen molar-refractivity contribution < 1.29 is 9.59 Å². The average molecular weight is 1210 g/mol. The molecule has 0 aliphatic heterocycles. The molecule has 2 amide bonds. The zero-order valence-electron chi connectivity index (χ0n) is 60.7. The number of nitrogens with zero attached hydrogens (tertiary/aromatic N) is 3. The molecule has 0 aromatic carbocycles. The van der Waals surface area contributed by atoms with Crippen LogP contribution in [0.4, 0.5) is 0 Å². The average Bonchev–Trinajstić information content (AvgIpc) is 3.65. The van der Waals surface area contributed by atoms with Gasteiger partial charge in [-0.3, -0.25) is 9.59 Å². The van der Waals surface area contributed by atoms with Crippen molar-refractivity contribution in [2.24, 2.45) is 29.4 Å². The number of hydrogen-bond acceptors (Lipinski definition) is 4. The zero-order chi connectivity index (χ0) is 62.9. The summed E-state index contributed by atoms with van der Waals surface area (Å²) in [5.41, 5.74) is 5.74. The van der Waals surface area contributed by atoms with E-state index >= 15 is 0 Å². The van der Waals surface area contributed by atoms with Crippen molar-refractivity contribution in [2.45, 2.75) is 428 Å². The lowest BCUT2D eigenvalue weighted by atomic mass is 10.0. The summed E-state index contributed by atoms with van der Waals surface area (Å²) in [6.45, 7) is 26.7. The SMILES string of the molecule is CC(C)CCCCCCCCCCCCCCCN(CCCCCCCCCCCCCCCC(C)C)CCCN(CCCN(CCCCCCCCCCCCCCCC(C)C)CCCCCCCCCCCCCCCC(C)C)C(=O)C(N)=O. The molecule has 0 saturated heterocycles. The van der Waals surface area contributed by atoms with Gasteiger partial charge in [0.25, 0.3) is 0 Å². The molecule has 0 aliphatic rings. The van der Waals surface area contributed by atoms with Crippen LogP contribution in [-0.4, -0.2) is 78.9 Å². The summed E-state index contributed by atoms with van der Waals surface area (Å²) in [5, 5.41) is 0. The quantitative estimate of drug-likeness (QED) is 0.0487. The van der Waals surface area contributed by atoms with Crippen molar-refractivity contribution in [3.63, 3.8) is 0 Å². The highest BCUT2D eigenvalue weighted by Gasteiger charge is 2.20. The van der Waals surface area contributed by atoms with E-state index in [4.69, 9.17) is 5.73 Å². The molecule has 0 aromatic heterocycles. The first kappa shape index (κ1) is 84.9. The van der Waals surface area contributed by atoms with Crippen LogP contribution in [-0.2, 0) is 9.59 Å². The second-order valence-electron chi connectivity index (χ2n) is 30.2. The fourth-order valence-corrected chi connectivity index (χ4v) is 13.4. The predicted molar refractivity (Wildman–Crippen MR) is 386 cm³/mol. The fourth-order valence-electron chi connectivity index (χ4n) is 13.4. The summed E-state index contributed by atoms with van der Waals surface area (Å²) in [5.74, 6) is 2.16. The highest BCUT2D eigenvalue weighted by atomic mass is 16.2. The molecule has 0 aliphatic carbocycles. The Labute approximate surface area is 543 Å². The lowest BCUT2D eigenvalue weighted by Crippen LogP contribution is -2.43. The van der Waals surface area contributed by atoms with Crippen LogP contribution >= 0.6 is 0 Å². The van der Waals surface area contributed by atoms with Gasteiger partial charge in [0.05, 0.1) is 0 Å². The first-order chi connectivity index (χ1) is 41.9. The van der Waals surface area contributed by atoms with Gasteiger partial charge in [-0.05, 0) is 101 Å². The molecule has 0 aromatic rings. The van der Waals surface area contributed by atoms with Crippen LogP contribution in [0.2, 0.25) is 0 Å². The topological polar surface area (TPSA) is 69.9 Å². The number of primary amides is 1. The number of carbonyl (C=O) groups excluding carboxylic acids is 2. The van der Waals surface area contributed by atoms with Crippen LogP contribution < -0.4 is 5.73 Å². The first-order valence-electron chi connectivity index (χ1n) is 40.0. The molecule has 2 N–H and O–H groups in total. The predicted octanol–water partition coefficient (Wildman–Crippen LogP) is 25.2. The van der Waals surface area contributed by atoms with E-state index < -0.39 is 11.8 Å². The Morgan fingerprint density at radius 3 is 0.500 bits per heavy atom. The minimum Gasteiger partial charge on any atom is -0.361 e. The first-order valence-corrected chi connectivity index (χ1v) is 40.0. The highest BCUT2D eigenvalue weighted by Crippen LogP contribution is 2.20. The molecule has 0 rings (SSSR count). The Morgan fingerprint density at radius 2 is 0.349 bits per heavy atom. The van der Waals surface area contributed by atoms with Crippen LogP contribution in [0.25, 0.3) is 0 Å². The molecule has 514 valence electrons. The summed E-state index contributed by atoms with van der Waals surface area (Å²) in [4.78, 5) is 33.1. The molecular formula is C80H162N4O2. The van der Waals surface area contributed by atoms with E-state index in [-0.39, 0.29) is 0 Å². The Bertz CT molecular complexity index is 1170. The molecule has 0 heterocycles. The van der Waals surface area contributed by atoms with Gasteiger partial charge in [-0.1, -0.05) is 389 Å². The second-order valence-corrected chi connectivity index (χ2v) is 30.2. The molecule has 6 nitrogen and oxygen atoms in total. The summed E-state index contributed by atoms with van der Waals surface area (Å²) in [6, 6.07) is 0. The molecule has 86 heavy (non-hydrogen) atoms. The molecule has 0 spiro atoms. The fraction of sp³-hybridized carbons (Fsp3) is 0.975. The number of carbonyl (C=O) groups is 2. The van der Waals surface area contributed by atoms with Crippen molar-refractivity contribution in [1.82, 2.24) is 14.7 Å². The van der Waals surface area contributed by atoms with Gasteiger partial charge >= 0.3 is 11.8 Å². The third-order valence-corrected chi connectivity index (χ3v) is 19.3. The minimum atomic E-state index is -0.793. The number of rotatable bonds is 72. The van der Waals surface area contributed by atoms with E-state index in [0.717, 1.165) is 75.8 Å². The van der Waals surface area contributed by atoms with Crippen molar-refractivity contribution in [2.75, 3.05) is 52.4 Å². The van der Waals surface area contributed by atoms with Gasteiger partial charge in [0, 0.05) is 13.1 Å². The molecule has 6 heteroatoms. The van der Waals surface area contributed by atoms with E-state index in [1.54, 1.807) is 0 Å². The van der Waals surface area contributed by atoms with Gasteiger partial charge in [-0.2, -0.15) is 0 Å². The van der Waals surface area contributed by atoms with Crippen LogP contribution in [0.1, 0.15) is 428 Å². The summed E-state index contributed by atoms with van der Waals surface area (Å²) in [7, 11) is 0. The molecule has 0 bridgehead atoms. The van der Waals surface area contributed by atoms with Crippen LogP contribution in [0, 0.1) is 23.7 Å². The standard InChI is InChI=1S/C80H162N4O2/c1-75(2)63-53-45-37-29-21-13-9-17-25-33-41-49-57-67-82(68-58-50-42-34-26-18-10-14-22-30-38-46-54-64-76(3)4)71-61-73-84(80(86)79(81)85)74-62-72-83(69-59-51-43-35-27-19-11-15-23-31-39-47-55-65-77(5)6)70-60-52-44-36-28-20-12-16-24-32-40-48-56-66-78(7)8/h75-78H,9-74H2,1-8H3,(H2,81,85). The lowest BCUT2D eigenvalue weighted by Gasteiger charge is -2.27. The van der Waals surface area contributed by atoms with Crippen molar-refractivity contribution in [3.05, 3.63) is 0 Å². The molecule has 0 unspecified atom stereocenters. The van der Waals surface area contributed by atoms with Crippen molar-refractivity contribution in [1.29, 1.82) is 0 Å². The molecular weight excluding hydrogens is 1050 g/mol. The summed E-state index contributed by atoms with van der Waals surface area (Å²) < 4.78 is 0. The van der Waals surface area contributed by atoms with Crippen molar-refractivity contribution in [3.8, 4) is 0 Å². The maximum Gasteiger partial charge on any atom is 0.311 e. The van der Waals surface area contributed by atoms with Crippen LogP contribution in [0.15, 0.2) is 0 Å². The van der Waals surface area contributed by atoms with Crippen LogP contribution in [0.5, 0.6) is 0 Å². The minimum absolute atomic E-state index is 0.480. The smallest absolute Gasteiger partial charge is 0.311 e.